The Morgan fingerprint density at radius 2 is 1.69 bits per heavy atom. The van der Waals surface area contributed by atoms with Gasteiger partial charge in [-0.3, -0.25) is 4.98 Å². The van der Waals surface area contributed by atoms with Crippen LogP contribution in [0.25, 0.3) is 16.5 Å². The van der Waals surface area contributed by atoms with Crippen LogP contribution in [0.1, 0.15) is 81.4 Å². The van der Waals surface area contributed by atoms with E-state index in [4.69, 9.17) is 4.98 Å². The molecular weight excluding hydrogens is 518 g/mol. The van der Waals surface area contributed by atoms with Gasteiger partial charge in [0, 0.05) is 48.9 Å². The fourth-order valence-corrected chi connectivity index (χ4v) is 7.30. The molecule has 0 radical (unpaired) electrons. The molecule has 1 unspecified atom stereocenters. The van der Waals surface area contributed by atoms with Crippen molar-refractivity contribution in [2.45, 2.75) is 70.3 Å². The minimum Gasteiger partial charge on any atom is -0.386 e. The van der Waals surface area contributed by atoms with Crippen molar-refractivity contribution in [2.24, 2.45) is 11.3 Å². The lowest BCUT2D eigenvalue weighted by Gasteiger charge is -2.48. The Bertz CT molecular complexity index is 1570. The van der Waals surface area contributed by atoms with Crippen molar-refractivity contribution in [3.05, 3.63) is 77.6 Å². The molecule has 1 N–H and O–H groups in total. The number of piperidine rings is 2. The fourth-order valence-electron chi connectivity index (χ4n) is 7.30. The quantitative estimate of drug-likeness (QED) is 0.359. The number of hydrogen-bond donors (Lipinski definition) is 1. The molecule has 2 saturated heterocycles. The van der Waals surface area contributed by atoms with E-state index in [1.807, 2.05) is 18.3 Å². The summed E-state index contributed by atoms with van der Waals surface area (Å²) in [7, 11) is 0. The van der Waals surface area contributed by atoms with Crippen LogP contribution in [0, 0.1) is 22.7 Å². The maximum absolute atomic E-state index is 10.3. The number of hydrogen-bond acceptors (Lipinski definition) is 6. The van der Waals surface area contributed by atoms with Gasteiger partial charge in [0.05, 0.1) is 35.0 Å². The maximum Gasteiger partial charge on any atom is 0.128 e. The Morgan fingerprint density at radius 1 is 0.952 bits per heavy atom. The highest BCUT2D eigenvalue weighted by Crippen LogP contribution is 2.50. The number of aliphatic hydroxyl groups is 1. The van der Waals surface area contributed by atoms with E-state index in [0.717, 1.165) is 49.5 Å². The highest BCUT2D eigenvalue weighted by atomic mass is 16.3. The molecule has 2 aliphatic heterocycles. The topological polar surface area (TPSA) is 76.3 Å². The Morgan fingerprint density at radius 3 is 2.29 bits per heavy atom. The van der Waals surface area contributed by atoms with Gasteiger partial charge in [-0.1, -0.05) is 42.5 Å². The normalized spacial score (nSPS) is 22.3. The average molecular weight is 560 g/mol. The molecule has 3 aromatic rings. The summed E-state index contributed by atoms with van der Waals surface area (Å²) < 4.78 is 0. The second-order valence-corrected chi connectivity index (χ2v) is 13.5. The lowest BCUT2D eigenvalue weighted by molar-refractivity contribution is 0.0782. The molecular formula is C36H41N5O. The number of benzene rings is 1. The lowest BCUT2D eigenvalue weighted by Crippen LogP contribution is -2.47. The van der Waals surface area contributed by atoms with Crippen LogP contribution in [0.5, 0.6) is 0 Å². The van der Waals surface area contributed by atoms with Crippen LogP contribution in [0.3, 0.4) is 0 Å². The van der Waals surface area contributed by atoms with E-state index in [1.165, 1.54) is 66.3 Å². The third-order valence-electron chi connectivity index (χ3n) is 10.2. The molecule has 7 rings (SSSR count). The van der Waals surface area contributed by atoms with Crippen LogP contribution in [0.15, 0.2) is 61.0 Å². The third-order valence-corrected chi connectivity index (χ3v) is 10.2. The molecule has 3 fully saturated rings. The minimum atomic E-state index is -0.860. The number of fused-ring (bicyclic) bond motifs is 1. The standard InChI is InChI=1S/C36H41N5O/c1-35(2,42)28-12-13-32(38-23-28)41-20-16-36(17-21-41)14-18-40(19-15-36)31-24-39-34-29(26-8-6-25(22-37)7-9-26)4-3-5-30(34)33(31)27-10-11-27/h3-6,8-9,12-13,23-25,27,42H,7,10-11,14-21H2,1-2H3. The summed E-state index contributed by atoms with van der Waals surface area (Å²) in [6.45, 7) is 7.88. The van der Waals surface area contributed by atoms with Crippen LogP contribution < -0.4 is 9.80 Å². The highest BCUT2D eigenvalue weighted by molar-refractivity contribution is 5.97. The molecule has 42 heavy (non-hydrogen) atoms. The van der Waals surface area contributed by atoms with Gasteiger partial charge in [0.25, 0.3) is 0 Å². The van der Waals surface area contributed by atoms with Gasteiger partial charge in [-0.15, -0.1) is 0 Å². The molecule has 2 aliphatic carbocycles. The van der Waals surface area contributed by atoms with E-state index >= 15 is 0 Å². The van der Waals surface area contributed by atoms with Crippen LogP contribution in [0.2, 0.25) is 0 Å². The van der Waals surface area contributed by atoms with Crippen LogP contribution in [0.4, 0.5) is 11.5 Å². The highest BCUT2D eigenvalue weighted by Gasteiger charge is 2.39. The molecule has 0 amide bonds. The van der Waals surface area contributed by atoms with Gasteiger partial charge in [-0.2, -0.15) is 5.26 Å². The molecule has 1 saturated carbocycles. The van der Waals surface area contributed by atoms with Gasteiger partial charge in [0.1, 0.15) is 5.82 Å². The Kier molecular flexibility index (Phi) is 6.82. The van der Waals surface area contributed by atoms with Crippen molar-refractivity contribution in [1.82, 2.24) is 9.97 Å². The number of anilines is 2. The van der Waals surface area contributed by atoms with E-state index in [0.29, 0.717) is 11.3 Å². The zero-order chi connectivity index (χ0) is 28.9. The van der Waals surface area contributed by atoms with Crippen LogP contribution >= 0.6 is 0 Å². The number of nitrogens with zero attached hydrogens (tertiary/aromatic N) is 5. The summed E-state index contributed by atoms with van der Waals surface area (Å²) in [4.78, 5) is 14.8. The molecule has 6 nitrogen and oxygen atoms in total. The molecule has 1 atom stereocenters. The lowest BCUT2D eigenvalue weighted by atomic mass is 9.71. The Hall–Kier alpha value is -3.69. The van der Waals surface area contributed by atoms with Gasteiger partial charge < -0.3 is 14.9 Å². The molecule has 216 valence electrons. The molecule has 4 heterocycles. The van der Waals surface area contributed by atoms with Gasteiger partial charge in [-0.05, 0) is 87.3 Å². The Balaban J connectivity index is 1.06. The average Bonchev–Trinajstić information content (AvgIpc) is 3.86. The molecule has 1 aromatic carbocycles. The second kappa shape index (κ2) is 10.5. The number of nitriles is 1. The van der Waals surface area contributed by atoms with E-state index < -0.39 is 5.60 Å². The van der Waals surface area contributed by atoms with Crippen molar-refractivity contribution in [1.29, 1.82) is 5.26 Å². The number of aromatic nitrogens is 2. The Labute approximate surface area is 249 Å². The first-order chi connectivity index (χ1) is 20.3. The van der Waals surface area contributed by atoms with Crippen molar-refractivity contribution in [3.8, 4) is 6.07 Å². The number of pyridine rings is 2. The summed E-state index contributed by atoms with van der Waals surface area (Å²) in [6, 6.07) is 13.1. The molecule has 0 bridgehead atoms. The van der Waals surface area contributed by atoms with Gasteiger partial charge in [-0.25, -0.2) is 4.98 Å². The zero-order valence-corrected chi connectivity index (χ0v) is 24.9. The van der Waals surface area contributed by atoms with Crippen molar-refractivity contribution < 1.29 is 5.11 Å². The third kappa shape index (κ3) is 5.09. The van der Waals surface area contributed by atoms with E-state index in [1.54, 1.807) is 13.8 Å². The predicted octanol–water partition coefficient (Wildman–Crippen LogP) is 7.10. The smallest absolute Gasteiger partial charge is 0.128 e. The number of para-hydroxylation sites is 1. The van der Waals surface area contributed by atoms with Crippen molar-refractivity contribution in [2.75, 3.05) is 36.0 Å². The number of allylic oxidation sites excluding steroid dienone is 4. The van der Waals surface area contributed by atoms with Crippen LogP contribution in [-0.4, -0.2) is 41.3 Å². The maximum atomic E-state index is 10.3. The second-order valence-electron chi connectivity index (χ2n) is 13.5. The predicted molar refractivity (Wildman–Crippen MR) is 169 cm³/mol. The fraction of sp³-hybridized carbons (Fsp3) is 0.472. The van der Waals surface area contributed by atoms with Gasteiger partial charge in [0.2, 0.25) is 0 Å². The summed E-state index contributed by atoms with van der Waals surface area (Å²) in [5.41, 5.74) is 6.73. The molecule has 1 spiro atoms. The summed E-state index contributed by atoms with van der Waals surface area (Å²) >= 11 is 0. The van der Waals surface area contributed by atoms with E-state index in [2.05, 4.69) is 63.5 Å². The van der Waals surface area contributed by atoms with Crippen LogP contribution in [-0.2, 0) is 5.60 Å². The monoisotopic (exact) mass is 559 g/mol. The van der Waals surface area contributed by atoms with Gasteiger partial charge in [0.15, 0.2) is 0 Å². The molecule has 2 aromatic heterocycles. The summed E-state index contributed by atoms with van der Waals surface area (Å²) in [6.07, 6.45) is 18.5. The largest absolute Gasteiger partial charge is 0.386 e. The summed E-state index contributed by atoms with van der Waals surface area (Å²) in [5, 5.41) is 20.9. The first-order valence-corrected chi connectivity index (χ1v) is 15.7. The minimum absolute atomic E-state index is 0.0253. The number of rotatable bonds is 5. The van der Waals surface area contributed by atoms with E-state index in [-0.39, 0.29) is 5.92 Å². The molecule has 6 heteroatoms. The van der Waals surface area contributed by atoms with E-state index in [9.17, 15) is 10.4 Å². The first-order valence-electron chi connectivity index (χ1n) is 15.7. The first kappa shape index (κ1) is 27.2. The SMILES string of the molecule is CC(C)(O)c1ccc(N2CCC3(CC2)CCN(c2cnc4c(C5=CCC(C#N)C=C5)cccc4c2C2CC2)CC3)nc1. The van der Waals surface area contributed by atoms with Crippen molar-refractivity contribution in [3.63, 3.8) is 0 Å². The summed E-state index contributed by atoms with van der Waals surface area (Å²) in [5.74, 6) is 1.63. The van der Waals surface area contributed by atoms with Gasteiger partial charge >= 0.3 is 0 Å². The zero-order valence-electron chi connectivity index (χ0n) is 24.9. The van der Waals surface area contributed by atoms with Crippen molar-refractivity contribution >= 4 is 28.0 Å². The molecule has 4 aliphatic rings.